The van der Waals surface area contributed by atoms with E-state index < -0.39 is 3.42 Å². The van der Waals surface area contributed by atoms with Crippen LogP contribution in [0.2, 0.25) is 0 Å². The molecular weight excluding hydrogens is 282 g/mol. The van der Waals surface area contributed by atoms with Gasteiger partial charge in [-0.15, -0.1) is 0 Å². The summed E-state index contributed by atoms with van der Waals surface area (Å²) in [4.78, 5) is 0. The van der Waals surface area contributed by atoms with Crippen molar-refractivity contribution in [2.45, 2.75) is 10.3 Å². The van der Waals surface area contributed by atoms with Crippen molar-refractivity contribution in [1.29, 1.82) is 0 Å². The van der Waals surface area contributed by atoms with Crippen LogP contribution < -0.4 is 4.74 Å². The minimum atomic E-state index is -0.423. The summed E-state index contributed by atoms with van der Waals surface area (Å²) in [5, 5.41) is 0. The molecule has 3 heteroatoms. The summed E-state index contributed by atoms with van der Waals surface area (Å²) < 4.78 is 17.4. The van der Waals surface area contributed by atoms with Crippen LogP contribution in [0, 0.1) is 0 Å². The van der Waals surface area contributed by atoms with E-state index in [1.165, 1.54) is 0 Å². The molecule has 0 aliphatic rings. The first-order chi connectivity index (χ1) is 6.14. The van der Waals surface area contributed by atoms with Gasteiger partial charge in [-0.25, -0.2) is 4.39 Å². The van der Waals surface area contributed by atoms with Gasteiger partial charge in [0.1, 0.15) is 19.0 Å². The van der Waals surface area contributed by atoms with Crippen LogP contribution in [0.4, 0.5) is 4.39 Å². The molecular formula is C10H12FIO. The second kappa shape index (κ2) is 4.79. The van der Waals surface area contributed by atoms with E-state index in [1.54, 1.807) is 0 Å². The molecule has 0 bridgehead atoms. The highest BCUT2D eigenvalue weighted by molar-refractivity contribution is 14.1. The predicted octanol–water partition coefficient (Wildman–Crippen LogP) is 3.23. The molecule has 0 aliphatic carbocycles. The first-order valence-corrected chi connectivity index (χ1v) is 5.15. The molecule has 13 heavy (non-hydrogen) atoms. The second-order valence-corrected chi connectivity index (χ2v) is 5.75. The van der Waals surface area contributed by atoms with Gasteiger partial charge in [-0.3, -0.25) is 0 Å². The van der Waals surface area contributed by atoms with Crippen molar-refractivity contribution in [3.8, 4) is 5.75 Å². The van der Waals surface area contributed by atoms with Crippen molar-refractivity contribution in [1.82, 2.24) is 0 Å². The van der Waals surface area contributed by atoms with E-state index in [1.807, 2.05) is 37.3 Å². The van der Waals surface area contributed by atoms with Gasteiger partial charge in [0.05, 0.1) is 3.42 Å². The normalized spacial score (nSPS) is 15.0. The number of hydrogen-bond acceptors (Lipinski definition) is 1. The maximum atomic E-state index is 12.4. The Balaban J connectivity index is 2.44. The minimum absolute atomic E-state index is 0.375. The summed E-state index contributed by atoms with van der Waals surface area (Å²) in [5.74, 6) is 0.791. The Morgan fingerprint density at radius 1 is 1.38 bits per heavy atom. The molecule has 0 aliphatic heterocycles. The molecule has 0 saturated carbocycles. The van der Waals surface area contributed by atoms with Crippen LogP contribution in [0.3, 0.4) is 0 Å². The highest BCUT2D eigenvalue weighted by Gasteiger charge is 2.20. The molecule has 0 spiro atoms. The van der Waals surface area contributed by atoms with Crippen LogP contribution in [-0.2, 0) is 0 Å². The third-order valence-corrected chi connectivity index (χ3v) is 2.16. The van der Waals surface area contributed by atoms with E-state index in [4.69, 9.17) is 4.74 Å². The Hall–Kier alpha value is -0.320. The summed E-state index contributed by atoms with van der Waals surface area (Å²) in [6.07, 6.45) is 0. The molecule has 0 aromatic heterocycles. The van der Waals surface area contributed by atoms with Crippen molar-refractivity contribution in [2.24, 2.45) is 0 Å². The zero-order chi connectivity index (χ0) is 9.73. The van der Waals surface area contributed by atoms with Gasteiger partial charge in [0.25, 0.3) is 0 Å². The van der Waals surface area contributed by atoms with Gasteiger partial charge in [0, 0.05) is 0 Å². The zero-order valence-electron chi connectivity index (χ0n) is 7.47. The Bertz CT molecular complexity index is 248. The molecule has 0 N–H and O–H groups in total. The molecule has 72 valence electrons. The van der Waals surface area contributed by atoms with Crippen molar-refractivity contribution >= 4 is 22.6 Å². The summed E-state index contributed by atoms with van der Waals surface area (Å²) in [6, 6.07) is 9.45. The van der Waals surface area contributed by atoms with Crippen LogP contribution in [0.25, 0.3) is 0 Å². The number of ether oxygens (including phenoxy) is 1. The molecule has 0 heterocycles. The Morgan fingerprint density at radius 3 is 2.54 bits per heavy atom. The molecule has 1 aromatic rings. The molecule has 1 atom stereocenters. The number of para-hydroxylation sites is 1. The Labute approximate surface area is 91.4 Å². The number of benzene rings is 1. The van der Waals surface area contributed by atoms with Gasteiger partial charge in [-0.2, -0.15) is 0 Å². The van der Waals surface area contributed by atoms with Crippen LogP contribution >= 0.6 is 22.6 Å². The number of hydrogen-bond donors (Lipinski definition) is 0. The Kier molecular flexibility index (Phi) is 3.96. The lowest BCUT2D eigenvalue weighted by atomic mass is 10.2. The summed E-state index contributed by atoms with van der Waals surface area (Å²) in [5.41, 5.74) is 0. The summed E-state index contributed by atoms with van der Waals surface area (Å²) in [7, 11) is 0. The fraction of sp³-hybridized carbons (Fsp3) is 0.400. The van der Waals surface area contributed by atoms with Gasteiger partial charge < -0.3 is 4.74 Å². The van der Waals surface area contributed by atoms with E-state index >= 15 is 0 Å². The molecule has 0 radical (unpaired) electrons. The highest BCUT2D eigenvalue weighted by atomic mass is 127. The quantitative estimate of drug-likeness (QED) is 0.612. The van der Waals surface area contributed by atoms with Crippen molar-refractivity contribution in [3.63, 3.8) is 0 Å². The lowest BCUT2D eigenvalue weighted by Crippen LogP contribution is -2.27. The van der Waals surface area contributed by atoms with Crippen LogP contribution in [0.15, 0.2) is 30.3 Å². The van der Waals surface area contributed by atoms with Gasteiger partial charge in [-0.1, -0.05) is 40.8 Å². The van der Waals surface area contributed by atoms with Crippen LogP contribution in [0.1, 0.15) is 6.92 Å². The second-order valence-electron chi connectivity index (χ2n) is 3.15. The number of alkyl halides is 2. The lowest BCUT2D eigenvalue weighted by Gasteiger charge is -2.18. The molecule has 1 rings (SSSR count). The monoisotopic (exact) mass is 294 g/mol. The zero-order valence-corrected chi connectivity index (χ0v) is 9.62. The van der Waals surface area contributed by atoms with E-state index in [9.17, 15) is 4.39 Å². The summed E-state index contributed by atoms with van der Waals surface area (Å²) >= 11 is 2.07. The van der Waals surface area contributed by atoms with E-state index in [-0.39, 0.29) is 6.67 Å². The van der Waals surface area contributed by atoms with Gasteiger partial charge in [0.15, 0.2) is 0 Å². The van der Waals surface area contributed by atoms with Gasteiger partial charge in [0.2, 0.25) is 0 Å². The molecule has 1 nitrogen and oxygen atoms in total. The fourth-order valence-corrected chi connectivity index (χ4v) is 0.945. The smallest absolute Gasteiger partial charge is 0.119 e. The SMILES string of the molecule is CC(I)(CF)COc1ccccc1. The predicted molar refractivity (Wildman–Crippen MR) is 60.3 cm³/mol. The first-order valence-electron chi connectivity index (χ1n) is 4.07. The van der Waals surface area contributed by atoms with E-state index in [0.717, 1.165) is 5.75 Å². The molecule has 0 saturated heterocycles. The first kappa shape index (κ1) is 10.8. The Morgan fingerprint density at radius 2 is 2.00 bits per heavy atom. The third-order valence-electron chi connectivity index (χ3n) is 1.56. The standard InChI is InChI=1S/C10H12FIO/c1-10(12,7-11)8-13-9-5-3-2-4-6-9/h2-6H,7-8H2,1H3. The summed E-state index contributed by atoms with van der Waals surface area (Å²) in [6.45, 7) is 1.85. The molecule has 1 unspecified atom stereocenters. The highest BCUT2D eigenvalue weighted by Crippen LogP contribution is 2.20. The third kappa shape index (κ3) is 3.93. The van der Waals surface area contributed by atoms with Crippen molar-refractivity contribution < 1.29 is 9.13 Å². The lowest BCUT2D eigenvalue weighted by molar-refractivity contribution is 0.259. The molecule has 1 aromatic carbocycles. The maximum Gasteiger partial charge on any atom is 0.119 e. The van der Waals surface area contributed by atoms with Crippen LogP contribution in [-0.4, -0.2) is 16.7 Å². The van der Waals surface area contributed by atoms with Crippen molar-refractivity contribution in [2.75, 3.05) is 13.3 Å². The van der Waals surface area contributed by atoms with Gasteiger partial charge >= 0.3 is 0 Å². The maximum absolute atomic E-state index is 12.4. The average molecular weight is 294 g/mol. The van der Waals surface area contributed by atoms with Crippen molar-refractivity contribution in [3.05, 3.63) is 30.3 Å². The van der Waals surface area contributed by atoms with E-state index in [2.05, 4.69) is 22.6 Å². The minimum Gasteiger partial charge on any atom is -0.492 e. The van der Waals surface area contributed by atoms with Crippen LogP contribution in [0.5, 0.6) is 5.75 Å². The van der Waals surface area contributed by atoms with E-state index in [0.29, 0.717) is 6.61 Å². The van der Waals surface area contributed by atoms with Gasteiger partial charge in [-0.05, 0) is 19.1 Å². The largest absolute Gasteiger partial charge is 0.492 e. The fourth-order valence-electron chi connectivity index (χ4n) is 0.789. The number of halogens is 2. The molecule has 0 fully saturated rings. The topological polar surface area (TPSA) is 9.23 Å². The number of rotatable bonds is 4. The average Bonchev–Trinajstić information content (AvgIpc) is 2.17. The molecule has 0 amide bonds.